The molecule has 3 atom stereocenters. The van der Waals surface area contributed by atoms with Gasteiger partial charge in [-0.2, -0.15) is 5.10 Å². The van der Waals surface area contributed by atoms with Gasteiger partial charge in [0.25, 0.3) is 0 Å². The summed E-state index contributed by atoms with van der Waals surface area (Å²) in [7, 11) is 0. The molecule has 2 aliphatic rings. The van der Waals surface area contributed by atoms with E-state index in [1.54, 1.807) is 6.20 Å². The third-order valence-corrected chi connectivity index (χ3v) is 5.69. The van der Waals surface area contributed by atoms with Crippen LogP contribution >= 0.6 is 0 Å². The zero-order chi connectivity index (χ0) is 17.1. The van der Waals surface area contributed by atoms with E-state index in [9.17, 15) is 4.79 Å². The van der Waals surface area contributed by atoms with Gasteiger partial charge >= 0.3 is 0 Å². The van der Waals surface area contributed by atoms with E-state index in [0.717, 1.165) is 39.0 Å². The average molecular weight is 338 g/mol. The van der Waals surface area contributed by atoms with Crippen molar-refractivity contribution in [1.29, 1.82) is 0 Å². The van der Waals surface area contributed by atoms with Crippen molar-refractivity contribution in [3.05, 3.63) is 54.4 Å². The molecular formula is C20H26N4O. The van der Waals surface area contributed by atoms with Crippen LogP contribution in [0.15, 0.2) is 48.8 Å². The van der Waals surface area contributed by atoms with Crippen LogP contribution in [0.2, 0.25) is 0 Å². The number of hydrogen-bond acceptors (Lipinski definition) is 3. The summed E-state index contributed by atoms with van der Waals surface area (Å²) in [6.07, 6.45) is 6.26. The second-order valence-corrected chi connectivity index (χ2v) is 7.16. The van der Waals surface area contributed by atoms with Crippen LogP contribution in [0.3, 0.4) is 0 Å². The Labute approximate surface area is 149 Å². The molecule has 5 heteroatoms. The van der Waals surface area contributed by atoms with Gasteiger partial charge in [-0.25, -0.2) is 0 Å². The molecule has 1 N–H and O–H groups in total. The van der Waals surface area contributed by atoms with Gasteiger partial charge in [-0.3, -0.25) is 9.48 Å². The van der Waals surface area contributed by atoms with Crippen molar-refractivity contribution in [1.82, 2.24) is 20.0 Å². The molecule has 0 saturated carbocycles. The first-order chi connectivity index (χ1) is 12.3. The van der Waals surface area contributed by atoms with Gasteiger partial charge in [0.2, 0.25) is 5.91 Å². The number of carbonyl (C=O) groups is 1. The van der Waals surface area contributed by atoms with Crippen LogP contribution in [0.1, 0.15) is 30.7 Å². The maximum Gasteiger partial charge on any atom is 0.222 e. The Bertz CT molecular complexity index is 685. The minimum atomic E-state index is 0.308. The number of amides is 1. The number of likely N-dealkylation sites (tertiary alicyclic amines) is 1. The Morgan fingerprint density at radius 2 is 2.12 bits per heavy atom. The molecule has 2 fully saturated rings. The van der Waals surface area contributed by atoms with Crippen LogP contribution in [0.5, 0.6) is 0 Å². The quantitative estimate of drug-likeness (QED) is 0.910. The first-order valence-electron chi connectivity index (χ1n) is 9.35. The van der Waals surface area contributed by atoms with E-state index in [-0.39, 0.29) is 0 Å². The molecule has 5 nitrogen and oxygen atoms in total. The van der Waals surface area contributed by atoms with E-state index in [1.165, 1.54) is 5.56 Å². The first kappa shape index (κ1) is 16.3. The Balaban J connectivity index is 1.42. The molecule has 1 aromatic carbocycles. The summed E-state index contributed by atoms with van der Waals surface area (Å²) in [5.41, 5.74) is 1.37. The lowest BCUT2D eigenvalue weighted by Gasteiger charge is -2.33. The zero-order valence-corrected chi connectivity index (χ0v) is 14.6. The predicted octanol–water partition coefficient (Wildman–Crippen LogP) is 2.27. The fourth-order valence-electron chi connectivity index (χ4n) is 4.46. The van der Waals surface area contributed by atoms with Gasteiger partial charge in [0.05, 0.1) is 0 Å². The molecular weight excluding hydrogens is 312 g/mol. The molecule has 2 aromatic rings. The van der Waals surface area contributed by atoms with Crippen LogP contribution in [0, 0.1) is 5.92 Å². The molecule has 0 radical (unpaired) electrons. The highest BCUT2D eigenvalue weighted by Crippen LogP contribution is 2.40. The maximum absolute atomic E-state index is 12.9. The highest BCUT2D eigenvalue weighted by Gasteiger charge is 2.44. The summed E-state index contributed by atoms with van der Waals surface area (Å²) >= 11 is 0. The number of fused-ring (bicyclic) bond motifs is 1. The van der Waals surface area contributed by atoms with Crippen molar-refractivity contribution < 1.29 is 4.79 Å². The van der Waals surface area contributed by atoms with E-state index < -0.39 is 0 Å². The normalized spacial score (nSPS) is 25.8. The third-order valence-electron chi connectivity index (χ3n) is 5.69. The Morgan fingerprint density at radius 1 is 1.24 bits per heavy atom. The molecule has 4 rings (SSSR count). The van der Waals surface area contributed by atoms with E-state index in [0.29, 0.717) is 30.2 Å². The molecule has 2 aliphatic heterocycles. The molecule has 1 amide bonds. The second kappa shape index (κ2) is 7.40. The van der Waals surface area contributed by atoms with Crippen molar-refractivity contribution in [3.8, 4) is 0 Å². The smallest absolute Gasteiger partial charge is 0.222 e. The number of nitrogens with one attached hydrogen (secondary N) is 1. The highest BCUT2D eigenvalue weighted by molar-refractivity contribution is 5.77. The summed E-state index contributed by atoms with van der Waals surface area (Å²) in [6, 6.07) is 13.0. The van der Waals surface area contributed by atoms with Gasteiger partial charge in [-0.1, -0.05) is 30.3 Å². The van der Waals surface area contributed by atoms with Gasteiger partial charge in [-0.15, -0.1) is 0 Å². The second-order valence-electron chi connectivity index (χ2n) is 7.16. The van der Waals surface area contributed by atoms with Crippen molar-refractivity contribution in [2.45, 2.75) is 37.8 Å². The summed E-state index contributed by atoms with van der Waals surface area (Å²) in [5, 5.41) is 7.74. The van der Waals surface area contributed by atoms with Crippen LogP contribution in [-0.2, 0) is 11.3 Å². The van der Waals surface area contributed by atoms with Crippen molar-refractivity contribution in [3.63, 3.8) is 0 Å². The highest BCUT2D eigenvalue weighted by atomic mass is 16.2. The minimum absolute atomic E-state index is 0.308. The van der Waals surface area contributed by atoms with Gasteiger partial charge < -0.3 is 10.2 Å². The van der Waals surface area contributed by atoms with Crippen LogP contribution in [-0.4, -0.2) is 46.3 Å². The number of aromatic nitrogens is 2. The molecule has 0 unspecified atom stereocenters. The number of benzene rings is 1. The number of rotatable bonds is 5. The van der Waals surface area contributed by atoms with Crippen LogP contribution < -0.4 is 5.32 Å². The van der Waals surface area contributed by atoms with Crippen molar-refractivity contribution >= 4 is 5.91 Å². The SMILES string of the molecule is O=C(CCCn1cccn1)N1C[C@H](c2ccccc2)[C@H]2CNCC[C@H]21. The largest absolute Gasteiger partial charge is 0.339 e. The lowest BCUT2D eigenvalue weighted by atomic mass is 9.82. The van der Waals surface area contributed by atoms with Crippen molar-refractivity contribution in [2.24, 2.45) is 5.92 Å². The van der Waals surface area contributed by atoms with E-state index >= 15 is 0 Å². The summed E-state index contributed by atoms with van der Waals surface area (Å²) in [6.45, 7) is 3.70. The van der Waals surface area contributed by atoms with Gasteiger partial charge in [0.15, 0.2) is 0 Å². The van der Waals surface area contributed by atoms with E-state index in [4.69, 9.17) is 0 Å². The molecule has 0 bridgehead atoms. The average Bonchev–Trinajstić information content (AvgIpc) is 3.30. The molecule has 25 heavy (non-hydrogen) atoms. The molecule has 132 valence electrons. The number of nitrogens with zero attached hydrogens (tertiary/aromatic N) is 3. The van der Waals surface area contributed by atoms with E-state index in [1.807, 2.05) is 16.9 Å². The van der Waals surface area contributed by atoms with Gasteiger partial charge in [-0.05, 0) is 31.0 Å². The first-order valence-corrected chi connectivity index (χ1v) is 9.35. The zero-order valence-electron chi connectivity index (χ0n) is 14.6. The molecule has 3 heterocycles. The van der Waals surface area contributed by atoms with Crippen LogP contribution in [0.4, 0.5) is 0 Å². The predicted molar refractivity (Wildman–Crippen MR) is 97.1 cm³/mol. The molecule has 0 aliphatic carbocycles. The summed E-state index contributed by atoms with van der Waals surface area (Å²) < 4.78 is 1.90. The molecule has 1 aromatic heterocycles. The molecule has 2 saturated heterocycles. The molecule has 0 spiro atoms. The number of aryl methyl sites for hydroxylation is 1. The monoisotopic (exact) mass is 338 g/mol. The van der Waals surface area contributed by atoms with Crippen LogP contribution in [0.25, 0.3) is 0 Å². The lowest BCUT2D eigenvalue weighted by molar-refractivity contribution is -0.132. The topological polar surface area (TPSA) is 50.2 Å². The fourth-order valence-corrected chi connectivity index (χ4v) is 4.46. The number of piperidine rings is 1. The van der Waals surface area contributed by atoms with Gasteiger partial charge in [0.1, 0.15) is 0 Å². The van der Waals surface area contributed by atoms with E-state index in [2.05, 4.69) is 45.6 Å². The standard InChI is InChI=1S/C20H26N4O/c25-20(8-4-12-23-13-5-10-22-23)24-15-18(16-6-2-1-3-7-16)17-14-21-11-9-19(17)24/h1-3,5-7,10,13,17-19,21H,4,8-9,11-12,14-15H2/t17-,18-,19-/m1/s1. The Morgan fingerprint density at radius 3 is 2.92 bits per heavy atom. The van der Waals surface area contributed by atoms with Crippen molar-refractivity contribution in [2.75, 3.05) is 19.6 Å². The summed E-state index contributed by atoms with van der Waals surface area (Å²) in [4.78, 5) is 15.1. The maximum atomic E-state index is 12.9. The minimum Gasteiger partial charge on any atom is -0.339 e. The fraction of sp³-hybridized carbons (Fsp3) is 0.500. The summed E-state index contributed by atoms with van der Waals surface area (Å²) in [5.74, 6) is 1.29. The lowest BCUT2D eigenvalue weighted by Crippen LogP contribution is -2.46. The Kier molecular flexibility index (Phi) is 4.83. The van der Waals surface area contributed by atoms with Gasteiger partial charge in [0, 0.05) is 56.3 Å². The number of carbonyl (C=O) groups excluding carboxylic acids is 1. The third kappa shape index (κ3) is 3.47. The number of hydrogen-bond donors (Lipinski definition) is 1. The Hall–Kier alpha value is -2.14.